The van der Waals surface area contributed by atoms with Crippen LogP contribution in [-0.2, 0) is 42.9 Å². The number of unbranched alkanes of at least 4 members (excludes halogenated alkanes) is 3. The van der Waals surface area contributed by atoms with Crippen LogP contribution in [0.1, 0.15) is 101 Å². The summed E-state index contributed by atoms with van der Waals surface area (Å²) >= 11 is 6.14. The highest BCUT2D eigenvalue weighted by molar-refractivity contribution is 6.33. The smallest absolute Gasteiger partial charge is 0.418 e. The lowest BCUT2D eigenvalue weighted by Crippen LogP contribution is -2.51. The summed E-state index contributed by atoms with van der Waals surface area (Å²) in [5.74, 6) is -0.568. The van der Waals surface area contributed by atoms with Crippen LogP contribution in [0.2, 0.25) is 5.02 Å². The molecule has 2 aromatic carbocycles. The molecule has 17 heteroatoms. The predicted molar refractivity (Wildman–Crippen MR) is 230 cm³/mol. The number of nitrogens with one attached hydrogen (secondary N) is 1. The second-order valence-electron chi connectivity index (χ2n) is 16.9. The van der Waals surface area contributed by atoms with Crippen molar-refractivity contribution in [2.75, 3.05) is 64.0 Å². The van der Waals surface area contributed by atoms with Crippen LogP contribution in [-0.4, -0.2) is 115 Å². The molecule has 13 nitrogen and oxygen atoms in total. The number of alkyl halides is 3. The van der Waals surface area contributed by atoms with Crippen molar-refractivity contribution in [1.82, 2.24) is 19.6 Å². The highest BCUT2D eigenvalue weighted by atomic mass is 35.5. The second kappa shape index (κ2) is 22.6. The molecule has 2 atom stereocenters. The van der Waals surface area contributed by atoms with Gasteiger partial charge in [0.15, 0.2) is 6.10 Å². The van der Waals surface area contributed by atoms with Gasteiger partial charge in [-0.15, -0.1) is 0 Å². The number of anilines is 2. The zero-order valence-electron chi connectivity index (χ0n) is 36.2. The molecule has 62 heavy (non-hydrogen) atoms. The van der Waals surface area contributed by atoms with Gasteiger partial charge in [-0.25, -0.2) is 9.59 Å². The number of esters is 1. The quantitative estimate of drug-likeness (QED) is 0.0917. The standard InChI is InChI=1S/C45H62ClF3N6O7/c1-4-5-6-9-26-61-40(57)13-12-39(56)53-21-15-32(16-22-53)30(2)14-20-52(3)42(58)38(29-31-27-35(45(47,48)49)41(50)36(46)28-31)62-44(60)54-23-18-34(19-24-54)55-25-17-33-10-7-8-11-37(33)51-43(55)59/h7-8,10-11,27-28,30,32,34,38H,4-6,9,12-26,29,50H2,1-3H3,(H,51,59)/t30?,38-/m1/s1. The Bertz CT molecular complexity index is 1870. The van der Waals surface area contributed by atoms with E-state index in [-0.39, 0.29) is 85.3 Å². The van der Waals surface area contributed by atoms with Crippen LogP contribution in [0.25, 0.3) is 0 Å². The largest absolute Gasteiger partial charge is 0.466 e. The summed E-state index contributed by atoms with van der Waals surface area (Å²) in [6.45, 7) is 7.00. The zero-order valence-corrected chi connectivity index (χ0v) is 36.9. The van der Waals surface area contributed by atoms with Gasteiger partial charge in [0.05, 0.1) is 29.3 Å². The molecule has 0 radical (unpaired) electrons. The van der Waals surface area contributed by atoms with Gasteiger partial charge in [-0.2, -0.15) is 13.2 Å². The van der Waals surface area contributed by atoms with E-state index in [0.29, 0.717) is 51.9 Å². The third-order valence-electron chi connectivity index (χ3n) is 12.5. The van der Waals surface area contributed by atoms with E-state index in [1.807, 2.05) is 24.3 Å². The zero-order chi connectivity index (χ0) is 45.0. The average molecular weight is 891 g/mol. The van der Waals surface area contributed by atoms with E-state index in [1.165, 1.54) is 15.9 Å². The van der Waals surface area contributed by atoms with E-state index in [2.05, 4.69) is 19.2 Å². The maximum atomic E-state index is 14.1. The number of hydrogen-bond acceptors (Lipinski definition) is 8. The van der Waals surface area contributed by atoms with Crippen molar-refractivity contribution >= 4 is 52.9 Å². The van der Waals surface area contributed by atoms with Crippen LogP contribution in [0.15, 0.2) is 36.4 Å². The second-order valence-corrected chi connectivity index (χ2v) is 17.3. The van der Waals surface area contributed by atoms with Crippen molar-refractivity contribution in [1.29, 1.82) is 0 Å². The lowest BCUT2D eigenvalue weighted by atomic mass is 9.83. The van der Waals surface area contributed by atoms with Crippen LogP contribution < -0.4 is 11.1 Å². The summed E-state index contributed by atoms with van der Waals surface area (Å²) < 4.78 is 52.9. The minimum Gasteiger partial charge on any atom is -0.466 e. The molecule has 1 unspecified atom stereocenters. The lowest BCUT2D eigenvalue weighted by molar-refractivity contribution is -0.146. The lowest BCUT2D eigenvalue weighted by Gasteiger charge is -2.38. The maximum Gasteiger partial charge on any atom is 0.418 e. The molecule has 0 aliphatic carbocycles. The number of amides is 5. The Morgan fingerprint density at radius 3 is 2.35 bits per heavy atom. The Kier molecular flexibility index (Phi) is 17.6. The number of likely N-dealkylation sites (N-methyl/N-ethyl adjacent to an activating group) is 1. The number of ether oxygens (including phenoxy) is 2. The van der Waals surface area contributed by atoms with E-state index in [1.54, 1.807) is 16.8 Å². The molecule has 0 aromatic heterocycles. The SMILES string of the molecule is CCCCCCOC(=O)CCC(=O)N1CCC(C(C)CCN(C)C(=O)[C@@H](Cc2cc(Cl)c(N)c(C(F)(F)F)c2)OC(=O)N2CCC(N3CCc4ccccc4NC3=O)CC2)CC1. The first-order valence-corrected chi connectivity index (χ1v) is 22.4. The van der Waals surface area contributed by atoms with Crippen LogP contribution in [0, 0.1) is 11.8 Å². The molecule has 3 N–H and O–H groups in total. The van der Waals surface area contributed by atoms with Crippen molar-refractivity contribution in [2.24, 2.45) is 11.8 Å². The monoisotopic (exact) mass is 890 g/mol. The summed E-state index contributed by atoms with van der Waals surface area (Å²) in [5.41, 5.74) is 5.73. The number of benzene rings is 2. The predicted octanol–water partition coefficient (Wildman–Crippen LogP) is 8.17. The van der Waals surface area contributed by atoms with Crippen molar-refractivity contribution in [3.8, 4) is 0 Å². The Balaban J connectivity index is 1.15. The highest BCUT2D eigenvalue weighted by Crippen LogP contribution is 2.38. The maximum absolute atomic E-state index is 14.1. The molecule has 3 aliphatic heterocycles. The Labute approximate surface area is 367 Å². The average Bonchev–Trinajstić information content (AvgIpc) is 3.42. The first kappa shape index (κ1) is 48.3. The van der Waals surface area contributed by atoms with Crippen LogP contribution in [0.5, 0.6) is 0 Å². The molecular formula is C45H62ClF3N6O7. The molecule has 5 rings (SSSR count). The van der Waals surface area contributed by atoms with Crippen molar-refractivity contribution in [2.45, 2.75) is 116 Å². The molecule has 3 heterocycles. The normalized spacial score (nSPS) is 17.4. The Morgan fingerprint density at radius 1 is 0.968 bits per heavy atom. The molecule has 2 saturated heterocycles. The Hall–Kier alpha value is -4.73. The number of likely N-dealkylation sites (tertiary alicyclic amines) is 2. The van der Waals surface area contributed by atoms with Crippen molar-refractivity contribution in [3.63, 3.8) is 0 Å². The number of rotatable bonds is 17. The number of fused-ring (bicyclic) bond motifs is 1. The minimum atomic E-state index is -4.81. The third kappa shape index (κ3) is 13.4. The summed E-state index contributed by atoms with van der Waals surface area (Å²) in [6.07, 6.45) is 0.494. The molecule has 5 amide bonds. The number of halogens is 4. The first-order chi connectivity index (χ1) is 29.5. The summed E-state index contributed by atoms with van der Waals surface area (Å²) in [7, 11) is 1.57. The molecular weight excluding hydrogens is 829 g/mol. The fourth-order valence-corrected chi connectivity index (χ4v) is 8.82. The van der Waals surface area contributed by atoms with E-state index >= 15 is 0 Å². The minimum absolute atomic E-state index is 0.0249. The Morgan fingerprint density at radius 2 is 1.66 bits per heavy atom. The molecule has 3 aliphatic rings. The summed E-state index contributed by atoms with van der Waals surface area (Å²) in [4.78, 5) is 72.3. The van der Waals surface area contributed by atoms with Gasteiger partial charge in [0.2, 0.25) is 5.91 Å². The third-order valence-corrected chi connectivity index (χ3v) is 12.8. The van der Waals surface area contributed by atoms with Gasteiger partial charge in [-0.1, -0.05) is 62.9 Å². The number of piperidine rings is 2. The molecule has 342 valence electrons. The number of para-hydroxylation sites is 1. The van der Waals surface area contributed by atoms with E-state index in [0.717, 1.165) is 55.8 Å². The number of urea groups is 1. The number of nitrogens with two attached hydrogens (primary N) is 1. The van der Waals surface area contributed by atoms with Gasteiger partial charge in [-0.3, -0.25) is 14.4 Å². The van der Waals surface area contributed by atoms with Gasteiger partial charge >= 0.3 is 24.3 Å². The fraction of sp³-hybridized carbons (Fsp3) is 0.622. The first-order valence-electron chi connectivity index (χ1n) is 22.0. The van der Waals surface area contributed by atoms with E-state index in [9.17, 15) is 37.1 Å². The number of carbonyl (C=O) groups is 5. The van der Waals surface area contributed by atoms with E-state index in [4.69, 9.17) is 26.8 Å². The van der Waals surface area contributed by atoms with Gasteiger partial charge < -0.3 is 40.1 Å². The fourth-order valence-electron chi connectivity index (χ4n) is 8.58. The topological polar surface area (TPSA) is 155 Å². The van der Waals surface area contributed by atoms with Gasteiger partial charge in [-0.05, 0) is 86.1 Å². The summed E-state index contributed by atoms with van der Waals surface area (Å²) in [5, 5.41) is 2.65. The highest BCUT2D eigenvalue weighted by Gasteiger charge is 2.37. The number of carbonyl (C=O) groups excluding carboxylic acids is 5. The van der Waals surface area contributed by atoms with Crippen LogP contribution >= 0.6 is 11.6 Å². The molecule has 0 spiro atoms. The van der Waals surface area contributed by atoms with Crippen LogP contribution in [0.4, 0.5) is 34.1 Å². The molecule has 2 aromatic rings. The molecule has 0 saturated carbocycles. The number of nitrogen functional groups attached to an aromatic ring is 1. The summed E-state index contributed by atoms with van der Waals surface area (Å²) in [6, 6.07) is 9.36. The number of nitrogens with zero attached hydrogens (tertiary/aromatic N) is 4. The number of hydrogen-bond donors (Lipinski definition) is 2. The molecule has 0 bridgehead atoms. The molecule has 2 fully saturated rings. The van der Waals surface area contributed by atoms with Gasteiger partial charge in [0.25, 0.3) is 5.91 Å². The van der Waals surface area contributed by atoms with Crippen LogP contribution in [0.3, 0.4) is 0 Å². The van der Waals surface area contributed by atoms with Crippen molar-refractivity contribution < 1.29 is 46.6 Å². The van der Waals surface area contributed by atoms with Gasteiger partial charge in [0, 0.05) is 70.9 Å². The van der Waals surface area contributed by atoms with Gasteiger partial charge in [0.1, 0.15) is 0 Å². The van der Waals surface area contributed by atoms with Crippen molar-refractivity contribution in [3.05, 3.63) is 58.1 Å². The van der Waals surface area contributed by atoms with E-state index < -0.39 is 35.5 Å².